The molecule has 0 spiro atoms. The summed E-state index contributed by atoms with van der Waals surface area (Å²) in [5.41, 5.74) is 0.221. The van der Waals surface area contributed by atoms with Crippen molar-refractivity contribution in [3.8, 4) is 0 Å². The van der Waals surface area contributed by atoms with Crippen LogP contribution in [0.5, 0.6) is 0 Å². The third-order valence-corrected chi connectivity index (χ3v) is 2.47. The van der Waals surface area contributed by atoms with Crippen molar-refractivity contribution in [2.24, 2.45) is 4.99 Å². The summed E-state index contributed by atoms with van der Waals surface area (Å²) in [6.45, 7) is 5.99. The third kappa shape index (κ3) is 23.3. The number of rotatable bonds is 9. The molecule has 20 heavy (non-hydrogen) atoms. The second kappa shape index (κ2) is 19.2. The van der Waals surface area contributed by atoms with Gasteiger partial charge in [0.1, 0.15) is 5.71 Å². The van der Waals surface area contributed by atoms with E-state index in [2.05, 4.69) is 11.9 Å². The van der Waals surface area contributed by atoms with Gasteiger partial charge in [0.15, 0.2) is 0 Å². The third-order valence-electron chi connectivity index (χ3n) is 2.47. The fraction of sp³-hybridized carbons (Fsp3) is 0.786. The van der Waals surface area contributed by atoms with Crippen molar-refractivity contribution in [3.63, 3.8) is 0 Å². The minimum absolute atomic E-state index is 0. The van der Waals surface area contributed by atoms with Gasteiger partial charge in [-0.15, -0.1) is 0 Å². The predicted octanol–water partition coefficient (Wildman–Crippen LogP) is 2.72. The number of aliphatic imine (C=N–C) groups is 1. The number of unbranched alkanes of at least 4 members (excludes halogenated alkanes) is 5. The molecule has 0 aliphatic carbocycles. The number of carboxylic acid groups (broad SMARTS) is 2. The van der Waals surface area contributed by atoms with Crippen LogP contribution in [0, 0.1) is 0 Å². The maximum absolute atomic E-state index is 10.4. The molecule has 0 fully saturated rings. The van der Waals surface area contributed by atoms with Crippen molar-refractivity contribution in [2.75, 3.05) is 6.54 Å². The van der Waals surface area contributed by atoms with Crippen LogP contribution in [0.1, 0.15) is 65.7 Å². The van der Waals surface area contributed by atoms with E-state index >= 15 is 0 Å². The molecule has 0 amide bonds. The molecule has 0 aromatic carbocycles. The van der Waals surface area contributed by atoms with E-state index in [0.29, 0.717) is 6.54 Å². The molecule has 0 atom stereocenters. The summed E-state index contributed by atoms with van der Waals surface area (Å²) >= 11 is 0. The van der Waals surface area contributed by atoms with Crippen LogP contribution in [-0.2, 0) is 9.59 Å². The van der Waals surface area contributed by atoms with Crippen molar-refractivity contribution in [3.05, 3.63) is 0 Å². The number of aliphatic carboxylic acids is 2. The molecule has 0 aliphatic rings. The van der Waals surface area contributed by atoms with Crippen molar-refractivity contribution in [2.45, 2.75) is 65.7 Å². The summed E-state index contributed by atoms with van der Waals surface area (Å²) in [5, 5.41) is 16.2. The summed E-state index contributed by atoms with van der Waals surface area (Å²) in [5.74, 6) is -1.65. The van der Waals surface area contributed by atoms with Crippen LogP contribution >= 0.6 is 0 Å². The first-order valence-electron chi connectivity index (χ1n) is 6.91. The molecule has 0 radical (unpaired) electrons. The molecule has 0 bridgehead atoms. The molecule has 2 N–H and O–H groups in total. The molecule has 0 aromatic rings. The van der Waals surface area contributed by atoms with Crippen LogP contribution < -0.4 is 0 Å². The van der Waals surface area contributed by atoms with Gasteiger partial charge >= 0.3 is 63.3 Å². The second-order valence-electron chi connectivity index (χ2n) is 4.29. The average molecular weight is 313 g/mol. The van der Waals surface area contributed by atoms with Crippen LogP contribution in [-0.4, -0.2) is 85.8 Å². The van der Waals surface area contributed by atoms with Crippen molar-refractivity contribution in [1.82, 2.24) is 0 Å². The topological polar surface area (TPSA) is 87.0 Å². The molecule has 0 unspecified atom stereocenters. The van der Waals surface area contributed by atoms with Crippen LogP contribution in [0.25, 0.3) is 0 Å². The van der Waals surface area contributed by atoms with E-state index < -0.39 is 11.9 Å². The first kappa shape index (κ1) is 25.2. The Balaban J connectivity index is -0.000000414. The van der Waals surface area contributed by atoms with Crippen LogP contribution in [0.3, 0.4) is 0 Å². The van der Waals surface area contributed by atoms with Crippen LogP contribution in [0.4, 0.5) is 0 Å². The van der Waals surface area contributed by atoms with E-state index in [0.717, 1.165) is 12.8 Å². The Hall–Kier alpha value is 0.246. The van der Waals surface area contributed by atoms with Gasteiger partial charge in [0, 0.05) is 13.0 Å². The van der Waals surface area contributed by atoms with Crippen LogP contribution in [0.15, 0.2) is 4.99 Å². The van der Waals surface area contributed by atoms with E-state index in [4.69, 9.17) is 10.2 Å². The Morgan fingerprint density at radius 3 is 1.80 bits per heavy atom. The zero-order valence-corrected chi connectivity index (χ0v) is 12.3. The number of carbonyl (C=O) groups is 2. The van der Waals surface area contributed by atoms with Gasteiger partial charge in [-0.25, -0.2) is 4.79 Å². The standard InChI is InChI=1S/C11H21NO2.C3H6O2.K.H/c1-3-4-5-6-7-8-9-12-10(2)11(13)14;1-2-3(4)5;;/h3-9H2,1-2H3,(H,13,14);2H2,1H3,(H,4,5);;. The molecule has 0 saturated carbocycles. The molecule has 0 rings (SSSR count). The Kier molecular flexibility index (Phi) is 24.3. The van der Waals surface area contributed by atoms with Crippen molar-refractivity contribution in [1.29, 1.82) is 0 Å². The van der Waals surface area contributed by atoms with Gasteiger partial charge in [0.2, 0.25) is 0 Å². The summed E-state index contributed by atoms with van der Waals surface area (Å²) in [6, 6.07) is 0. The number of hydrogen-bond donors (Lipinski definition) is 2. The molecule has 0 heterocycles. The molecular formula is C14H28KNO4. The molecule has 6 heteroatoms. The Morgan fingerprint density at radius 1 is 0.950 bits per heavy atom. The van der Waals surface area contributed by atoms with E-state index in [1.807, 2.05) is 0 Å². The molecule has 0 aliphatic heterocycles. The SMILES string of the molecule is CCC(=O)O.CCCCCCCCN=C(C)C(=O)O.[KH]. The van der Waals surface area contributed by atoms with Crippen molar-refractivity contribution >= 4 is 69.0 Å². The maximum atomic E-state index is 10.4. The quantitative estimate of drug-likeness (QED) is 0.389. The molecule has 114 valence electrons. The predicted molar refractivity (Wildman–Crippen MR) is 84.1 cm³/mol. The van der Waals surface area contributed by atoms with Gasteiger partial charge in [-0.3, -0.25) is 9.79 Å². The van der Waals surface area contributed by atoms with Crippen LogP contribution in [0.2, 0.25) is 0 Å². The number of hydrogen-bond acceptors (Lipinski definition) is 3. The van der Waals surface area contributed by atoms with Gasteiger partial charge in [0.05, 0.1) is 0 Å². The summed E-state index contributed by atoms with van der Waals surface area (Å²) in [7, 11) is 0. The van der Waals surface area contributed by atoms with E-state index in [-0.39, 0.29) is 63.5 Å². The Labute approximate surface area is 164 Å². The van der Waals surface area contributed by atoms with Gasteiger partial charge in [-0.05, 0) is 13.3 Å². The van der Waals surface area contributed by atoms with E-state index in [9.17, 15) is 9.59 Å². The first-order chi connectivity index (χ1) is 8.95. The molecule has 0 aromatic heterocycles. The van der Waals surface area contributed by atoms with Crippen molar-refractivity contribution < 1.29 is 19.8 Å². The van der Waals surface area contributed by atoms with Gasteiger partial charge in [-0.2, -0.15) is 0 Å². The number of nitrogens with zero attached hydrogens (tertiary/aromatic N) is 1. The molecule has 5 nitrogen and oxygen atoms in total. The minimum atomic E-state index is -0.906. The molecule has 0 saturated heterocycles. The van der Waals surface area contributed by atoms with Gasteiger partial charge < -0.3 is 10.2 Å². The average Bonchev–Trinajstić information content (AvgIpc) is 2.38. The summed E-state index contributed by atoms with van der Waals surface area (Å²) in [6.07, 6.45) is 7.49. The summed E-state index contributed by atoms with van der Waals surface area (Å²) in [4.78, 5) is 23.7. The van der Waals surface area contributed by atoms with E-state index in [1.165, 1.54) is 25.7 Å². The summed E-state index contributed by atoms with van der Waals surface area (Å²) < 4.78 is 0. The number of carboxylic acids is 2. The first-order valence-corrected chi connectivity index (χ1v) is 6.91. The fourth-order valence-electron chi connectivity index (χ4n) is 1.21. The van der Waals surface area contributed by atoms with Gasteiger partial charge in [-0.1, -0.05) is 46.0 Å². The fourth-order valence-corrected chi connectivity index (χ4v) is 1.21. The van der Waals surface area contributed by atoms with Gasteiger partial charge in [0.25, 0.3) is 0 Å². The normalized spacial score (nSPS) is 10.1. The Bertz CT molecular complexity index is 280. The monoisotopic (exact) mass is 313 g/mol. The zero-order valence-electron chi connectivity index (χ0n) is 12.3. The Morgan fingerprint density at radius 2 is 1.40 bits per heavy atom. The zero-order chi connectivity index (χ0) is 15.1. The van der Waals surface area contributed by atoms with E-state index in [1.54, 1.807) is 13.8 Å². The molecular weight excluding hydrogens is 285 g/mol. The second-order valence-corrected chi connectivity index (χ2v) is 4.29.